The summed E-state index contributed by atoms with van der Waals surface area (Å²) in [6.07, 6.45) is 0. The van der Waals surface area contributed by atoms with Gasteiger partial charge in [0.15, 0.2) is 11.5 Å². The number of likely N-dealkylation sites (N-methyl/N-ethyl adjacent to an activating group) is 1. The summed E-state index contributed by atoms with van der Waals surface area (Å²) in [6.45, 7) is -1.29. The fourth-order valence-electron chi connectivity index (χ4n) is 3.00. The second kappa shape index (κ2) is 6.68. The third-order valence-corrected chi connectivity index (χ3v) is 4.78. The van der Waals surface area contributed by atoms with Gasteiger partial charge in [0, 0.05) is 11.5 Å². The summed E-state index contributed by atoms with van der Waals surface area (Å²) in [5.74, 6) is -0.195. The van der Waals surface area contributed by atoms with Gasteiger partial charge in [0.25, 0.3) is 5.91 Å². The van der Waals surface area contributed by atoms with E-state index in [4.69, 9.17) is 5.73 Å². The summed E-state index contributed by atoms with van der Waals surface area (Å²) in [5.41, 5.74) is 6.14. The van der Waals surface area contributed by atoms with Gasteiger partial charge in [-0.3, -0.25) is 9.69 Å². The topological polar surface area (TPSA) is 67.9 Å². The lowest BCUT2D eigenvalue weighted by molar-refractivity contribution is -0.129. The third kappa shape index (κ3) is 2.94. The predicted octanol–water partition coefficient (Wildman–Crippen LogP) is 3.39. The maximum absolute atomic E-state index is 13.1. The zero-order valence-electron chi connectivity index (χ0n) is 14.0. The van der Waals surface area contributed by atoms with E-state index in [1.54, 1.807) is 44.3 Å². The Hall–Kier alpha value is -2.48. The number of amides is 1. The third-order valence-electron chi connectivity index (χ3n) is 4.29. The van der Waals surface area contributed by atoms with Gasteiger partial charge in [-0.05, 0) is 47.9 Å². The highest BCUT2D eigenvalue weighted by Gasteiger charge is 2.49. The number of halogens is 3. The standard InChI is InChI=1S/C18H16BrF2N3O2/c1-10-8-12(6-7-14(10)26-16(20)21)18(11-4-3-5-13(19)9-11)15(25)24(2)17(22)23-18/h3-9,16H,1-2H3,(H2,22,23)/t18-/m0/s1. The first-order chi connectivity index (χ1) is 12.3. The van der Waals surface area contributed by atoms with E-state index in [1.807, 2.05) is 6.07 Å². The molecule has 0 saturated carbocycles. The Bertz CT molecular complexity index is 904. The average molecular weight is 424 g/mol. The molecule has 8 heteroatoms. The van der Waals surface area contributed by atoms with E-state index in [9.17, 15) is 13.6 Å². The Morgan fingerprint density at radius 3 is 2.46 bits per heavy atom. The van der Waals surface area contributed by atoms with Crippen LogP contribution in [0.15, 0.2) is 51.9 Å². The van der Waals surface area contributed by atoms with Gasteiger partial charge in [0.05, 0.1) is 0 Å². The molecular formula is C18H16BrF2N3O2. The monoisotopic (exact) mass is 423 g/mol. The minimum atomic E-state index is -2.92. The van der Waals surface area contributed by atoms with Crippen LogP contribution in [0.1, 0.15) is 16.7 Å². The normalized spacial score (nSPS) is 19.8. The number of aryl methyl sites for hydroxylation is 1. The number of benzene rings is 2. The van der Waals surface area contributed by atoms with Crippen LogP contribution < -0.4 is 10.5 Å². The fourth-order valence-corrected chi connectivity index (χ4v) is 3.40. The number of nitrogens with zero attached hydrogens (tertiary/aromatic N) is 2. The smallest absolute Gasteiger partial charge is 0.387 e. The second-order valence-corrected chi connectivity index (χ2v) is 6.83. The minimum absolute atomic E-state index is 0.0453. The summed E-state index contributed by atoms with van der Waals surface area (Å²) < 4.78 is 30.3. The number of guanidine groups is 1. The molecule has 0 bridgehead atoms. The Morgan fingerprint density at radius 2 is 1.92 bits per heavy atom. The quantitative estimate of drug-likeness (QED) is 0.819. The molecule has 0 saturated heterocycles. The molecule has 1 amide bonds. The van der Waals surface area contributed by atoms with Gasteiger partial charge < -0.3 is 10.5 Å². The number of alkyl halides is 2. The van der Waals surface area contributed by atoms with Crippen LogP contribution in [0.5, 0.6) is 5.75 Å². The average Bonchev–Trinajstić information content (AvgIpc) is 2.81. The van der Waals surface area contributed by atoms with Crippen molar-refractivity contribution >= 4 is 27.8 Å². The molecule has 2 aromatic rings. The van der Waals surface area contributed by atoms with Crippen molar-refractivity contribution in [1.82, 2.24) is 4.90 Å². The largest absolute Gasteiger partial charge is 0.435 e. The van der Waals surface area contributed by atoms with Gasteiger partial charge in [-0.25, -0.2) is 4.99 Å². The number of carbonyl (C=O) groups is 1. The molecule has 0 aliphatic carbocycles. The molecule has 1 atom stereocenters. The lowest BCUT2D eigenvalue weighted by Crippen LogP contribution is -2.41. The van der Waals surface area contributed by atoms with Crippen LogP contribution in [-0.2, 0) is 10.3 Å². The summed E-state index contributed by atoms with van der Waals surface area (Å²) in [7, 11) is 1.54. The first-order valence-electron chi connectivity index (χ1n) is 7.71. The van der Waals surface area contributed by atoms with E-state index in [1.165, 1.54) is 11.0 Å². The first-order valence-corrected chi connectivity index (χ1v) is 8.50. The van der Waals surface area contributed by atoms with Gasteiger partial charge in [0.1, 0.15) is 5.75 Å². The number of hydrogen-bond acceptors (Lipinski definition) is 4. The molecule has 1 aliphatic rings. The number of carbonyl (C=O) groups excluding carboxylic acids is 1. The van der Waals surface area contributed by atoms with Crippen molar-refractivity contribution in [2.45, 2.75) is 19.1 Å². The highest BCUT2D eigenvalue weighted by atomic mass is 79.9. The Morgan fingerprint density at radius 1 is 1.23 bits per heavy atom. The Kier molecular flexibility index (Phi) is 4.70. The van der Waals surface area contributed by atoms with Crippen molar-refractivity contribution in [3.63, 3.8) is 0 Å². The first kappa shape index (κ1) is 18.3. The SMILES string of the molecule is Cc1cc([C@]2(c3cccc(Br)c3)N=C(N)N(C)C2=O)ccc1OC(F)F. The number of hydrogen-bond donors (Lipinski definition) is 1. The van der Waals surface area contributed by atoms with Gasteiger partial charge in [-0.2, -0.15) is 8.78 Å². The van der Waals surface area contributed by atoms with Gasteiger partial charge in [0.2, 0.25) is 0 Å². The maximum atomic E-state index is 13.1. The highest BCUT2D eigenvalue weighted by molar-refractivity contribution is 9.10. The van der Waals surface area contributed by atoms with E-state index in [2.05, 4.69) is 25.7 Å². The molecule has 0 aromatic heterocycles. The minimum Gasteiger partial charge on any atom is -0.435 e. The molecule has 1 aliphatic heterocycles. The van der Waals surface area contributed by atoms with E-state index in [0.717, 1.165) is 4.47 Å². The summed E-state index contributed by atoms with van der Waals surface area (Å²) >= 11 is 3.40. The summed E-state index contributed by atoms with van der Waals surface area (Å²) in [5, 5.41) is 0. The van der Waals surface area contributed by atoms with Crippen molar-refractivity contribution in [2.24, 2.45) is 10.7 Å². The number of rotatable bonds is 4. The molecule has 2 aromatic carbocycles. The van der Waals surface area contributed by atoms with Crippen LogP contribution in [0.25, 0.3) is 0 Å². The fraction of sp³-hybridized carbons (Fsp3) is 0.222. The number of aliphatic imine (C=N–C) groups is 1. The summed E-state index contributed by atoms with van der Waals surface area (Å²) in [4.78, 5) is 18.8. The van der Waals surface area contributed by atoms with E-state index in [0.29, 0.717) is 16.7 Å². The molecule has 3 rings (SSSR count). The summed E-state index contributed by atoms with van der Waals surface area (Å²) in [6, 6.07) is 11.8. The molecule has 2 N–H and O–H groups in total. The van der Waals surface area contributed by atoms with Crippen LogP contribution in [0.3, 0.4) is 0 Å². The van der Waals surface area contributed by atoms with Crippen LogP contribution in [0, 0.1) is 6.92 Å². The maximum Gasteiger partial charge on any atom is 0.387 e. The van der Waals surface area contributed by atoms with Crippen molar-refractivity contribution in [3.8, 4) is 5.75 Å². The highest BCUT2D eigenvalue weighted by Crippen LogP contribution is 2.41. The molecular weight excluding hydrogens is 408 g/mol. The van der Waals surface area contributed by atoms with E-state index < -0.39 is 12.2 Å². The van der Waals surface area contributed by atoms with Crippen LogP contribution in [-0.4, -0.2) is 30.4 Å². The zero-order chi connectivity index (χ0) is 19.1. The molecule has 0 radical (unpaired) electrons. The molecule has 1 heterocycles. The molecule has 0 unspecified atom stereocenters. The molecule has 5 nitrogen and oxygen atoms in total. The lowest BCUT2D eigenvalue weighted by Gasteiger charge is -2.27. The Balaban J connectivity index is 2.21. The van der Waals surface area contributed by atoms with Crippen molar-refractivity contribution in [2.75, 3.05) is 7.05 Å². The molecule has 136 valence electrons. The van der Waals surface area contributed by atoms with Crippen LogP contribution in [0.4, 0.5) is 8.78 Å². The second-order valence-electron chi connectivity index (χ2n) is 5.91. The Labute approximate surface area is 157 Å². The number of nitrogens with two attached hydrogens (primary N) is 1. The zero-order valence-corrected chi connectivity index (χ0v) is 15.6. The number of ether oxygens (including phenoxy) is 1. The lowest BCUT2D eigenvalue weighted by atomic mass is 9.82. The predicted molar refractivity (Wildman–Crippen MR) is 97.1 cm³/mol. The van der Waals surface area contributed by atoms with E-state index in [-0.39, 0.29) is 17.6 Å². The van der Waals surface area contributed by atoms with Crippen LogP contribution >= 0.6 is 15.9 Å². The van der Waals surface area contributed by atoms with Gasteiger partial charge in [-0.1, -0.05) is 34.1 Å². The molecule has 0 fully saturated rings. The van der Waals surface area contributed by atoms with Crippen molar-refractivity contribution in [1.29, 1.82) is 0 Å². The van der Waals surface area contributed by atoms with E-state index >= 15 is 0 Å². The van der Waals surface area contributed by atoms with Crippen molar-refractivity contribution in [3.05, 3.63) is 63.6 Å². The van der Waals surface area contributed by atoms with Gasteiger partial charge >= 0.3 is 6.61 Å². The van der Waals surface area contributed by atoms with Gasteiger partial charge in [-0.15, -0.1) is 0 Å². The molecule has 0 spiro atoms. The van der Waals surface area contributed by atoms with Crippen molar-refractivity contribution < 1.29 is 18.3 Å². The molecule has 26 heavy (non-hydrogen) atoms. The van der Waals surface area contributed by atoms with Crippen LogP contribution in [0.2, 0.25) is 0 Å².